The summed E-state index contributed by atoms with van der Waals surface area (Å²) in [4.78, 5) is 13.3. The van der Waals surface area contributed by atoms with E-state index in [-0.39, 0.29) is 17.5 Å². The largest absolute Gasteiger partial charge is 0.461 e. The average Bonchev–Trinajstić information content (AvgIpc) is 2.74. The van der Waals surface area contributed by atoms with Crippen molar-refractivity contribution in [2.45, 2.75) is 22.8 Å². The molecule has 0 atom stereocenters. The fourth-order valence-corrected chi connectivity index (χ4v) is 5.07. The molecule has 1 aliphatic heterocycles. The zero-order valence-corrected chi connectivity index (χ0v) is 17.1. The highest BCUT2D eigenvalue weighted by Crippen LogP contribution is 2.20. The average molecular weight is 422 g/mol. The Labute approximate surface area is 169 Å². The molecular weight excluding hydrogens is 398 g/mol. The molecule has 1 aliphatic rings. The zero-order valence-electron chi connectivity index (χ0n) is 15.5. The van der Waals surface area contributed by atoms with Gasteiger partial charge in [0.1, 0.15) is 6.61 Å². The van der Waals surface area contributed by atoms with Gasteiger partial charge >= 0.3 is 5.97 Å². The highest BCUT2D eigenvalue weighted by atomic mass is 32.2. The lowest BCUT2D eigenvalue weighted by molar-refractivity contribution is -0.144. The Morgan fingerprint density at radius 2 is 1.82 bits per heavy atom. The number of sulfonamides is 1. The third-order valence-electron chi connectivity index (χ3n) is 4.22. The van der Waals surface area contributed by atoms with Crippen molar-refractivity contribution >= 4 is 27.8 Å². The summed E-state index contributed by atoms with van der Waals surface area (Å²) in [7, 11) is -3.56. The van der Waals surface area contributed by atoms with Crippen molar-refractivity contribution in [3.8, 4) is 0 Å². The maximum atomic E-state index is 12.7. The van der Waals surface area contributed by atoms with Crippen LogP contribution >= 0.6 is 11.8 Å². The monoisotopic (exact) mass is 421 g/mol. The minimum absolute atomic E-state index is 0.0569. The third-order valence-corrected chi connectivity index (χ3v) is 7.13. The maximum Gasteiger partial charge on any atom is 0.306 e. The number of hydrogen-bond donors (Lipinski definition) is 0. The van der Waals surface area contributed by atoms with Crippen molar-refractivity contribution in [3.05, 3.63) is 60.2 Å². The Morgan fingerprint density at radius 1 is 1.07 bits per heavy atom. The van der Waals surface area contributed by atoms with Crippen LogP contribution in [0, 0.1) is 0 Å². The predicted octanol–water partition coefficient (Wildman–Crippen LogP) is 2.93. The molecule has 0 radical (unpaired) electrons. The van der Waals surface area contributed by atoms with E-state index in [0.717, 1.165) is 4.90 Å². The summed E-state index contributed by atoms with van der Waals surface area (Å²) in [6.45, 7) is 1.55. The van der Waals surface area contributed by atoms with E-state index < -0.39 is 10.0 Å². The molecule has 0 unspecified atom stereocenters. The fourth-order valence-electron chi connectivity index (χ4n) is 2.74. The Balaban J connectivity index is 1.50. The minimum Gasteiger partial charge on any atom is -0.461 e. The second kappa shape index (κ2) is 10.1. The molecule has 2 aromatic rings. The Morgan fingerprint density at radius 3 is 2.57 bits per heavy atom. The lowest BCUT2D eigenvalue weighted by Gasteiger charge is -2.26. The van der Waals surface area contributed by atoms with Crippen LogP contribution in [0.1, 0.15) is 12.0 Å². The molecule has 0 saturated carbocycles. The summed E-state index contributed by atoms with van der Waals surface area (Å²) < 4.78 is 37.4. The highest BCUT2D eigenvalue weighted by Gasteiger charge is 2.26. The predicted molar refractivity (Wildman–Crippen MR) is 108 cm³/mol. The Hall–Kier alpha value is -1.87. The number of morpholine rings is 1. The molecule has 1 saturated heterocycles. The molecule has 6 nitrogen and oxygen atoms in total. The van der Waals surface area contributed by atoms with Gasteiger partial charge in [0.25, 0.3) is 0 Å². The van der Waals surface area contributed by atoms with E-state index in [9.17, 15) is 13.2 Å². The standard InChI is InChI=1S/C20H23NO5S2/c22-20(9-14-27-18-6-2-1-3-7-18)26-16-17-5-4-8-19(15-17)28(23,24)21-10-12-25-13-11-21/h1-8,15H,9-14,16H2. The quantitative estimate of drug-likeness (QED) is 0.482. The molecule has 150 valence electrons. The van der Waals surface area contributed by atoms with Crippen LogP contribution in [0.3, 0.4) is 0 Å². The van der Waals surface area contributed by atoms with Crippen LogP contribution in [-0.4, -0.2) is 50.7 Å². The van der Waals surface area contributed by atoms with Crippen molar-refractivity contribution in [3.63, 3.8) is 0 Å². The second-order valence-corrected chi connectivity index (χ2v) is 9.34. The van der Waals surface area contributed by atoms with Gasteiger partial charge in [-0.15, -0.1) is 11.8 Å². The molecule has 0 bridgehead atoms. The van der Waals surface area contributed by atoms with Crippen molar-refractivity contribution in [1.82, 2.24) is 4.31 Å². The summed E-state index contributed by atoms with van der Waals surface area (Å²) in [6, 6.07) is 16.4. The summed E-state index contributed by atoms with van der Waals surface area (Å²) in [6.07, 6.45) is 0.297. The maximum absolute atomic E-state index is 12.7. The molecule has 0 aliphatic carbocycles. The van der Waals surface area contributed by atoms with E-state index in [2.05, 4.69) is 0 Å². The van der Waals surface area contributed by atoms with Crippen LogP contribution in [-0.2, 0) is 30.9 Å². The van der Waals surface area contributed by atoms with Gasteiger partial charge in [-0.3, -0.25) is 4.79 Å². The molecule has 2 aromatic carbocycles. The van der Waals surface area contributed by atoms with Crippen molar-refractivity contribution < 1.29 is 22.7 Å². The van der Waals surface area contributed by atoms with Gasteiger partial charge < -0.3 is 9.47 Å². The molecule has 0 aromatic heterocycles. The van der Waals surface area contributed by atoms with Gasteiger partial charge in [-0.05, 0) is 29.8 Å². The van der Waals surface area contributed by atoms with E-state index >= 15 is 0 Å². The molecule has 28 heavy (non-hydrogen) atoms. The number of carbonyl (C=O) groups excluding carboxylic acids is 1. The minimum atomic E-state index is -3.56. The summed E-state index contributed by atoms with van der Waals surface area (Å²) in [5.74, 6) is 0.332. The van der Waals surface area contributed by atoms with Gasteiger partial charge in [-0.25, -0.2) is 8.42 Å². The first kappa shape index (κ1) is 20.9. The fraction of sp³-hybridized carbons (Fsp3) is 0.350. The van der Waals surface area contributed by atoms with Gasteiger partial charge in [0.2, 0.25) is 10.0 Å². The van der Waals surface area contributed by atoms with Crippen molar-refractivity contribution in [2.24, 2.45) is 0 Å². The smallest absolute Gasteiger partial charge is 0.306 e. The first-order chi connectivity index (χ1) is 13.6. The summed E-state index contributed by atoms with van der Waals surface area (Å²) in [5.41, 5.74) is 0.651. The molecule has 8 heteroatoms. The van der Waals surface area contributed by atoms with E-state index in [0.29, 0.717) is 44.0 Å². The molecule has 0 amide bonds. The van der Waals surface area contributed by atoms with E-state index in [4.69, 9.17) is 9.47 Å². The molecule has 1 heterocycles. The zero-order chi connectivity index (χ0) is 19.8. The number of thioether (sulfide) groups is 1. The van der Waals surface area contributed by atoms with Crippen molar-refractivity contribution in [2.75, 3.05) is 32.1 Å². The van der Waals surface area contributed by atoms with Crippen LogP contribution < -0.4 is 0 Å². The van der Waals surface area contributed by atoms with Crippen LogP contribution in [0.2, 0.25) is 0 Å². The number of rotatable bonds is 8. The van der Waals surface area contributed by atoms with Crippen LogP contribution in [0.5, 0.6) is 0 Å². The van der Waals surface area contributed by atoms with Crippen LogP contribution in [0.25, 0.3) is 0 Å². The topological polar surface area (TPSA) is 72.9 Å². The molecule has 0 spiro atoms. The van der Waals surface area contributed by atoms with Crippen LogP contribution in [0.4, 0.5) is 0 Å². The number of ether oxygens (including phenoxy) is 2. The van der Waals surface area contributed by atoms with Crippen LogP contribution in [0.15, 0.2) is 64.4 Å². The number of carbonyl (C=O) groups is 1. The van der Waals surface area contributed by atoms with E-state index in [1.165, 1.54) is 4.31 Å². The number of hydrogen-bond acceptors (Lipinski definition) is 6. The molecule has 1 fully saturated rings. The Kier molecular flexibility index (Phi) is 7.50. The number of nitrogens with zero attached hydrogens (tertiary/aromatic N) is 1. The molecule has 0 N–H and O–H groups in total. The molecular formula is C20H23NO5S2. The van der Waals surface area contributed by atoms with E-state index in [1.807, 2.05) is 30.3 Å². The lowest BCUT2D eigenvalue weighted by atomic mass is 10.2. The van der Waals surface area contributed by atoms with Gasteiger partial charge in [0, 0.05) is 23.7 Å². The Bertz CT molecular complexity index is 880. The number of benzene rings is 2. The lowest BCUT2D eigenvalue weighted by Crippen LogP contribution is -2.40. The van der Waals surface area contributed by atoms with Gasteiger partial charge in [0.05, 0.1) is 24.5 Å². The first-order valence-corrected chi connectivity index (χ1v) is 11.5. The first-order valence-electron chi connectivity index (χ1n) is 9.06. The van der Waals surface area contributed by atoms with Gasteiger partial charge in [-0.2, -0.15) is 4.31 Å². The van der Waals surface area contributed by atoms with Gasteiger partial charge in [0.15, 0.2) is 0 Å². The summed E-state index contributed by atoms with van der Waals surface area (Å²) in [5, 5.41) is 0. The van der Waals surface area contributed by atoms with Crippen molar-refractivity contribution in [1.29, 1.82) is 0 Å². The molecule has 3 rings (SSSR count). The third kappa shape index (κ3) is 5.81. The highest BCUT2D eigenvalue weighted by molar-refractivity contribution is 7.99. The van der Waals surface area contributed by atoms with Gasteiger partial charge in [-0.1, -0.05) is 30.3 Å². The SMILES string of the molecule is O=C(CCSc1ccccc1)OCc1cccc(S(=O)(=O)N2CCOCC2)c1. The normalized spacial score (nSPS) is 15.3. The second-order valence-electron chi connectivity index (χ2n) is 6.24. The van der Waals surface area contributed by atoms with E-state index in [1.54, 1.807) is 36.0 Å². The summed E-state index contributed by atoms with van der Waals surface area (Å²) >= 11 is 1.60. The number of esters is 1.